The predicted molar refractivity (Wildman–Crippen MR) is 66.6 cm³/mol. The van der Waals surface area contributed by atoms with E-state index in [1.54, 1.807) is 11.6 Å². The molecule has 0 bridgehead atoms. The van der Waals surface area contributed by atoms with Gasteiger partial charge >= 0.3 is 0 Å². The number of hydrogen-bond donors (Lipinski definition) is 1. The van der Waals surface area contributed by atoms with Crippen LogP contribution in [0.2, 0.25) is 0 Å². The highest BCUT2D eigenvalue weighted by molar-refractivity contribution is 5.81. The Labute approximate surface area is 94.5 Å². The minimum absolute atomic E-state index is 0.00162. The Hall–Kier alpha value is -1.61. The van der Waals surface area contributed by atoms with Gasteiger partial charge in [0.1, 0.15) is 0 Å². The van der Waals surface area contributed by atoms with Crippen LogP contribution < -0.4 is 11.3 Å². The Balaban J connectivity index is 2.93. The van der Waals surface area contributed by atoms with Crippen LogP contribution in [0.15, 0.2) is 23.0 Å². The van der Waals surface area contributed by atoms with Crippen LogP contribution in [0.5, 0.6) is 0 Å². The summed E-state index contributed by atoms with van der Waals surface area (Å²) in [6.45, 7) is 4.41. The number of aryl methyl sites for hydroxylation is 3. The van der Waals surface area contributed by atoms with E-state index in [1.807, 2.05) is 12.1 Å². The lowest BCUT2D eigenvalue weighted by molar-refractivity contribution is 0.869. The molecule has 1 heterocycles. The van der Waals surface area contributed by atoms with Crippen LogP contribution in [0.4, 0.5) is 0 Å². The minimum Gasteiger partial charge on any atom is -0.326 e. The zero-order valence-electron chi connectivity index (χ0n) is 9.87. The van der Waals surface area contributed by atoms with Crippen molar-refractivity contribution < 1.29 is 0 Å². The first kappa shape index (κ1) is 10.9. The van der Waals surface area contributed by atoms with Crippen molar-refractivity contribution in [2.75, 3.05) is 0 Å². The van der Waals surface area contributed by atoms with Gasteiger partial charge in [0, 0.05) is 19.2 Å². The Morgan fingerprint density at radius 3 is 2.44 bits per heavy atom. The molecule has 0 saturated heterocycles. The lowest BCUT2D eigenvalue weighted by Crippen LogP contribution is -2.23. The molecule has 0 atom stereocenters. The largest absolute Gasteiger partial charge is 0.326 e. The summed E-state index contributed by atoms with van der Waals surface area (Å²) < 4.78 is 1.67. The van der Waals surface area contributed by atoms with Crippen LogP contribution in [0.3, 0.4) is 0 Å². The second-order valence-corrected chi connectivity index (χ2v) is 4.23. The Bertz CT molecular complexity index is 611. The van der Waals surface area contributed by atoms with Crippen LogP contribution in [-0.2, 0) is 13.6 Å². The molecule has 0 spiro atoms. The molecule has 2 aromatic rings. The normalized spacial score (nSPS) is 11.0. The van der Waals surface area contributed by atoms with Crippen LogP contribution in [0.25, 0.3) is 10.9 Å². The lowest BCUT2D eigenvalue weighted by Gasteiger charge is -2.10. The molecule has 1 aromatic heterocycles. The molecule has 3 heteroatoms. The smallest absolute Gasteiger partial charge is 0.255 e. The third-order valence-electron chi connectivity index (χ3n) is 3.13. The zero-order valence-corrected chi connectivity index (χ0v) is 9.87. The van der Waals surface area contributed by atoms with Crippen LogP contribution in [0, 0.1) is 13.8 Å². The van der Waals surface area contributed by atoms with Gasteiger partial charge in [-0.05, 0) is 48.6 Å². The van der Waals surface area contributed by atoms with E-state index in [4.69, 9.17) is 5.73 Å². The predicted octanol–water partition coefficient (Wildman–Crippen LogP) is 1.61. The van der Waals surface area contributed by atoms with Crippen molar-refractivity contribution in [1.82, 2.24) is 4.57 Å². The van der Waals surface area contributed by atoms with Gasteiger partial charge < -0.3 is 10.3 Å². The fraction of sp³-hybridized carbons (Fsp3) is 0.308. The fourth-order valence-electron chi connectivity index (χ4n) is 1.95. The topological polar surface area (TPSA) is 48.0 Å². The van der Waals surface area contributed by atoms with Crippen molar-refractivity contribution in [2.24, 2.45) is 12.8 Å². The van der Waals surface area contributed by atoms with E-state index < -0.39 is 0 Å². The third kappa shape index (κ3) is 1.53. The van der Waals surface area contributed by atoms with Crippen molar-refractivity contribution in [3.8, 4) is 0 Å². The molecule has 0 aliphatic heterocycles. The van der Waals surface area contributed by atoms with Gasteiger partial charge in [-0.1, -0.05) is 0 Å². The first-order chi connectivity index (χ1) is 7.54. The maximum atomic E-state index is 11.9. The average Bonchev–Trinajstić information content (AvgIpc) is 2.26. The quantitative estimate of drug-likeness (QED) is 0.787. The molecule has 1 aromatic carbocycles. The second kappa shape index (κ2) is 3.76. The fourth-order valence-corrected chi connectivity index (χ4v) is 1.95. The van der Waals surface area contributed by atoms with Crippen LogP contribution >= 0.6 is 0 Å². The number of fused-ring (bicyclic) bond motifs is 1. The molecule has 2 N–H and O–H groups in total. The van der Waals surface area contributed by atoms with Gasteiger partial charge in [-0.2, -0.15) is 0 Å². The summed E-state index contributed by atoms with van der Waals surface area (Å²) in [4.78, 5) is 11.9. The van der Waals surface area contributed by atoms with E-state index in [0.717, 1.165) is 10.9 Å². The highest BCUT2D eigenvalue weighted by atomic mass is 16.1. The van der Waals surface area contributed by atoms with Gasteiger partial charge in [-0.25, -0.2) is 0 Å². The zero-order chi connectivity index (χ0) is 11.9. The summed E-state index contributed by atoms with van der Waals surface area (Å²) in [7, 11) is 1.79. The second-order valence-electron chi connectivity index (χ2n) is 4.23. The number of pyridine rings is 1. The number of benzene rings is 1. The number of aromatic nitrogens is 1. The van der Waals surface area contributed by atoms with Gasteiger partial charge in [0.25, 0.3) is 5.56 Å². The first-order valence-electron chi connectivity index (χ1n) is 5.34. The van der Waals surface area contributed by atoms with E-state index in [0.29, 0.717) is 5.56 Å². The molecule has 16 heavy (non-hydrogen) atoms. The summed E-state index contributed by atoms with van der Waals surface area (Å²) in [5, 5.41) is 1.07. The molecule has 2 rings (SSSR count). The molecule has 3 nitrogen and oxygen atoms in total. The molecule has 0 radical (unpaired) electrons. The molecule has 0 aliphatic rings. The Morgan fingerprint density at radius 1 is 1.19 bits per heavy atom. The SMILES string of the molecule is Cc1cc2cc(CN)c(=O)n(C)c2cc1C. The summed E-state index contributed by atoms with van der Waals surface area (Å²) in [5.74, 6) is 0. The van der Waals surface area contributed by atoms with Crippen LogP contribution in [0.1, 0.15) is 16.7 Å². The van der Waals surface area contributed by atoms with Gasteiger partial charge in [0.05, 0.1) is 5.52 Å². The van der Waals surface area contributed by atoms with E-state index in [9.17, 15) is 4.79 Å². The maximum Gasteiger partial charge on any atom is 0.255 e. The molecule has 0 saturated carbocycles. The van der Waals surface area contributed by atoms with E-state index in [-0.39, 0.29) is 12.1 Å². The van der Waals surface area contributed by atoms with Crippen LogP contribution in [-0.4, -0.2) is 4.57 Å². The lowest BCUT2D eigenvalue weighted by atomic mass is 10.0. The number of rotatable bonds is 1. The average molecular weight is 216 g/mol. The number of nitrogens with zero attached hydrogens (tertiary/aromatic N) is 1. The molecular weight excluding hydrogens is 200 g/mol. The van der Waals surface area contributed by atoms with Gasteiger partial charge in [-0.3, -0.25) is 4.79 Å². The molecule has 84 valence electrons. The Morgan fingerprint density at radius 2 is 1.81 bits per heavy atom. The highest BCUT2D eigenvalue weighted by Crippen LogP contribution is 2.18. The third-order valence-corrected chi connectivity index (χ3v) is 3.13. The van der Waals surface area contributed by atoms with Crippen molar-refractivity contribution >= 4 is 10.9 Å². The molecule has 0 aliphatic carbocycles. The monoisotopic (exact) mass is 216 g/mol. The van der Waals surface area contributed by atoms with Crippen molar-refractivity contribution in [3.63, 3.8) is 0 Å². The number of hydrogen-bond acceptors (Lipinski definition) is 2. The first-order valence-corrected chi connectivity index (χ1v) is 5.34. The summed E-state index contributed by atoms with van der Waals surface area (Å²) in [5.41, 5.74) is 9.62. The summed E-state index contributed by atoms with van der Waals surface area (Å²) >= 11 is 0. The van der Waals surface area contributed by atoms with Crippen molar-refractivity contribution in [2.45, 2.75) is 20.4 Å². The molecular formula is C13H16N2O. The van der Waals surface area contributed by atoms with Crippen molar-refractivity contribution in [3.05, 3.63) is 45.2 Å². The maximum absolute atomic E-state index is 11.9. The molecule has 0 fully saturated rings. The number of nitrogens with two attached hydrogens (primary N) is 1. The minimum atomic E-state index is -0.00162. The highest BCUT2D eigenvalue weighted by Gasteiger charge is 2.06. The summed E-state index contributed by atoms with van der Waals surface area (Å²) in [6.07, 6.45) is 0. The van der Waals surface area contributed by atoms with Gasteiger partial charge in [0.15, 0.2) is 0 Å². The van der Waals surface area contributed by atoms with Gasteiger partial charge in [-0.15, -0.1) is 0 Å². The summed E-state index contributed by atoms with van der Waals surface area (Å²) in [6, 6.07) is 6.04. The molecule has 0 unspecified atom stereocenters. The van der Waals surface area contributed by atoms with Crippen molar-refractivity contribution in [1.29, 1.82) is 0 Å². The van der Waals surface area contributed by atoms with E-state index >= 15 is 0 Å². The van der Waals surface area contributed by atoms with Gasteiger partial charge in [0.2, 0.25) is 0 Å². The van der Waals surface area contributed by atoms with E-state index in [2.05, 4.69) is 19.9 Å². The Kier molecular flexibility index (Phi) is 2.56. The molecule has 0 amide bonds. The standard InChI is InChI=1S/C13H16N2O/c1-8-4-10-6-11(7-14)13(16)15(3)12(10)5-9(8)2/h4-6H,7,14H2,1-3H3. The van der Waals surface area contributed by atoms with E-state index in [1.165, 1.54) is 11.1 Å².